The molecule has 26 heavy (non-hydrogen) atoms. The van der Waals surface area contributed by atoms with Gasteiger partial charge in [0.1, 0.15) is 5.82 Å². The van der Waals surface area contributed by atoms with Crippen molar-refractivity contribution in [1.29, 1.82) is 0 Å². The van der Waals surface area contributed by atoms with Crippen LogP contribution in [0.1, 0.15) is 27.3 Å². The molecule has 1 amide bonds. The summed E-state index contributed by atoms with van der Waals surface area (Å²) >= 11 is 1.58. The number of hydrogen-bond donors (Lipinski definition) is 1. The molecule has 0 saturated heterocycles. The zero-order valence-electron chi connectivity index (χ0n) is 14.6. The zero-order valence-corrected chi connectivity index (χ0v) is 15.4. The lowest BCUT2D eigenvalue weighted by Crippen LogP contribution is -2.25. The lowest BCUT2D eigenvalue weighted by Gasteiger charge is -2.07. The van der Waals surface area contributed by atoms with E-state index in [1.165, 1.54) is 23.3 Å². The van der Waals surface area contributed by atoms with E-state index >= 15 is 0 Å². The second-order valence-corrected chi connectivity index (χ2v) is 6.84. The Morgan fingerprint density at radius 1 is 1.15 bits per heavy atom. The van der Waals surface area contributed by atoms with Crippen LogP contribution in [0.4, 0.5) is 4.39 Å². The van der Waals surface area contributed by atoms with Gasteiger partial charge in [0.2, 0.25) is 0 Å². The number of carbonyl (C=O) groups excluding carboxylic acids is 1. The van der Waals surface area contributed by atoms with Gasteiger partial charge in [-0.15, -0.1) is 10.2 Å². The van der Waals surface area contributed by atoms with Crippen LogP contribution in [-0.4, -0.2) is 20.7 Å². The average molecular weight is 370 g/mol. The molecule has 134 valence electrons. The van der Waals surface area contributed by atoms with Crippen LogP contribution in [0, 0.1) is 12.7 Å². The van der Waals surface area contributed by atoms with Gasteiger partial charge in [-0.1, -0.05) is 53.7 Å². The number of carbonyl (C=O) groups is 1. The highest BCUT2D eigenvalue weighted by atomic mass is 32.2. The van der Waals surface area contributed by atoms with Gasteiger partial charge in [-0.05, 0) is 24.6 Å². The first kappa shape index (κ1) is 18.1. The van der Waals surface area contributed by atoms with Crippen molar-refractivity contribution in [3.8, 4) is 0 Å². The monoisotopic (exact) mass is 370 g/mol. The fraction of sp³-hybridized carbons (Fsp3) is 0.211. The van der Waals surface area contributed by atoms with Crippen molar-refractivity contribution in [3.63, 3.8) is 0 Å². The summed E-state index contributed by atoms with van der Waals surface area (Å²) in [5, 5.41) is 11.7. The molecule has 1 N–H and O–H groups in total. The highest BCUT2D eigenvalue weighted by Gasteiger charge is 2.13. The van der Waals surface area contributed by atoms with Crippen molar-refractivity contribution in [2.24, 2.45) is 7.05 Å². The summed E-state index contributed by atoms with van der Waals surface area (Å²) in [7, 11) is 1.85. The number of hydrogen-bond acceptors (Lipinski definition) is 4. The molecule has 0 aliphatic carbocycles. The highest BCUT2D eigenvalue weighted by Crippen LogP contribution is 2.21. The van der Waals surface area contributed by atoms with Crippen molar-refractivity contribution in [2.45, 2.75) is 24.4 Å². The molecular weight excluding hydrogens is 351 g/mol. The second-order valence-electron chi connectivity index (χ2n) is 5.89. The summed E-state index contributed by atoms with van der Waals surface area (Å²) in [6.45, 7) is 2.24. The Labute approximate surface area is 155 Å². The quantitative estimate of drug-likeness (QED) is 0.675. The second kappa shape index (κ2) is 8.14. The number of halogens is 1. The Balaban J connectivity index is 1.59. The number of thioether (sulfide) groups is 1. The minimum absolute atomic E-state index is 0.0173. The number of rotatable bonds is 6. The number of amides is 1. The molecule has 3 aromatic rings. The summed E-state index contributed by atoms with van der Waals surface area (Å²) in [5.74, 6) is 0.381. The third-order valence-corrected chi connectivity index (χ3v) is 5.03. The molecule has 0 atom stereocenters. The van der Waals surface area contributed by atoms with E-state index in [0.29, 0.717) is 5.82 Å². The van der Waals surface area contributed by atoms with Crippen molar-refractivity contribution in [3.05, 3.63) is 76.9 Å². The average Bonchev–Trinajstić information content (AvgIpc) is 2.99. The molecule has 0 bridgehead atoms. The predicted octanol–water partition coefficient (Wildman–Crippen LogP) is 3.48. The van der Waals surface area contributed by atoms with Gasteiger partial charge in [0.05, 0.1) is 12.1 Å². The Morgan fingerprint density at radius 3 is 2.62 bits per heavy atom. The van der Waals surface area contributed by atoms with Crippen LogP contribution in [0.25, 0.3) is 0 Å². The molecule has 0 fully saturated rings. The number of aryl methyl sites for hydroxylation is 1. The molecule has 3 rings (SSSR count). The molecule has 0 radical (unpaired) electrons. The van der Waals surface area contributed by atoms with Crippen molar-refractivity contribution >= 4 is 17.7 Å². The number of nitrogens with one attached hydrogen (secondary N) is 1. The van der Waals surface area contributed by atoms with Gasteiger partial charge >= 0.3 is 0 Å². The van der Waals surface area contributed by atoms with Gasteiger partial charge in [0.15, 0.2) is 11.0 Å². The molecular formula is C19H19FN4OS. The van der Waals surface area contributed by atoms with E-state index in [4.69, 9.17) is 0 Å². The molecule has 1 aromatic heterocycles. The molecule has 0 aliphatic heterocycles. The van der Waals surface area contributed by atoms with Crippen LogP contribution in [0.3, 0.4) is 0 Å². The van der Waals surface area contributed by atoms with Gasteiger partial charge in [0, 0.05) is 12.8 Å². The molecule has 0 aliphatic rings. The van der Waals surface area contributed by atoms with Gasteiger partial charge in [-0.25, -0.2) is 4.39 Å². The maximum atomic E-state index is 13.6. The number of nitrogens with zero attached hydrogens (tertiary/aromatic N) is 3. The first-order valence-electron chi connectivity index (χ1n) is 8.14. The highest BCUT2D eigenvalue weighted by molar-refractivity contribution is 7.98. The van der Waals surface area contributed by atoms with Gasteiger partial charge in [-0.2, -0.15) is 0 Å². The first-order valence-corrected chi connectivity index (χ1v) is 9.12. The first-order chi connectivity index (χ1) is 12.5. The Morgan fingerprint density at radius 2 is 1.88 bits per heavy atom. The predicted molar refractivity (Wildman–Crippen MR) is 99.3 cm³/mol. The van der Waals surface area contributed by atoms with Gasteiger partial charge < -0.3 is 9.88 Å². The normalized spacial score (nSPS) is 10.7. The van der Waals surface area contributed by atoms with Gasteiger partial charge in [0.25, 0.3) is 5.91 Å². The Kier molecular flexibility index (Phi) is 5.68. The van der Waals surface area contributed by atoms with E-state index in [9.17, 15) is 9.18 Å². The third kappa shape index (κ3) is 4.29. The Hall–Kier alpha value is -2.67. The lowest BCUT2D eigenvalue weighted by molar-refractivity contribution is 0.0945. The summed E-state index contributed by atoms with van der Waals surface area (Å²) in [4.78, 5) is 12.1. The summed E-state index contributed by atoms with van der Waals surface area (Å²) < 4.78 is 15.5. The number of aromatic nitrogens is 3. The summed E-state index contributed by atoms with van der Waals surface area (Å²) in [6.07, 6.45) is 0. The smallest absolute Gasteiger partial charge is 0.254 e. The van der Waals surface area contributed by atoms with E-state index in [1.807, 2.05) is 11.6 Å². The van der Waals surface area contributed by atoms with Crippen LogP contribution >= 0.6 is 11.8 Å². The Bertz CT molecular complexity index is 908. The van der Waals surface area contributed by atoms with Crippen molar-refractivity contribution < 1.29 is 9.18 Å². The molecule has 1 heterocycles. The van der Waals surface area contributed by atoms with Crippen LogP contribution in [0.5, 0.6) is 0 Å². The SMILES string of the molecule is Cc1ccc(CSc2nnc(CNC(=O)c3ccccc3F)n2C)cc1. The topological polar surface area (TPSA) is 59.8 Å². The largest absolute Gasteiger partial charge is 0.345 e. The maximum Gasteiger partial charge on any atom is 0.254 e. The molecule has 0 spiro atoms. The molecule has 5 nitrogen and oxygen atoms in total. The van der Waals surface area contributed by atoms with E-state index in [0.717, 1.165) is 10.9 Å². The summed E-state index contributed by atoms with van der Waals surface area (Å²) in [5.41, 5.74) is 2.45. The van der Waals surface area contributed by atoms with Crippen molar-refractivity contribution in [1.82, 2.24) is 20.1 Å². The van der Waals surface area contributed by atoms with Gasteiger partial charge in [-0.3, -0.25) is 4.79 Å². The van der Waals surface area contributed by atoms with E-state index in [2.05, 4.69) is 46.7 Å². The van der Waals surface area contributed by atoms with E-state index < -0.39 is 11.7 Å². The molecule has 2 aromatic carbocycles. The summed E-state index contributed by atoms with van der Waals surface area (Å²) in [6, 6.07) is 14.2. The lowest BCUT2D eigenvalue weighted by atomic mass is 10.2. The molecule has 0 unspecified atom stereocenters. The molecule has 0 saturated carbocycles. The van der Waals surface area contributed by atoms with E-state index in [1.54, 1.807) is 23.9 Å². The zero-order chi connectivity index (χ0) is 18.5. The van der Waals surface area contributed by atoms with E-state index in [-0.39, 0.29) is 12.1 Å². The maximum absolute atomic E-state index is 13.6. The molecule has 7 heteroatoms. The standard InChI is InChI=1S/C19H19FN4OS/c1-13-7-9-14(10-8-13)12-26-19-23-22-17(24(19)2)11-21-18(25)15-5-3-4-6-16(15)20/h3-10H,11-12H2,1-2H3,(H,21,25). The van der Waals surface area contributed by atoms with Crippen LogP contribution in [-0.2, 0) is 19.3 Å². The van der Waals surface area contributed by atoms with Crippen LogP contribution in [0.15, 0.2) is 53.7 Å². The third-order valence-electron chi connectivity index (χ3n) is 3.94. The van der Waals surface area contributed by atoms with Crippen LogP contribution < -0.4 is 5.32 Å². The minimum Gasteiger partial charge on any atom is -0.345 e. The van der Waals surface area contributed by atoms with Crippen molar-refractivity contribution in [2.75, 3.05) is 0 Å². The van der Waals surface area contributed by atoms with Crippen LogP contribution in [0.2, 0.25) is 0 Å². The fourth-order valence-corrected chi connectivity index (χ4v) is 3.24. The number of benzene rings is 2. The minimum atomic E-state index is -0.544. The fourth-order valence-electron chi connectivity index (χ4n) is 2.36.